The van der Waals surface area contributed by atoms with Gasteiger partial charge in [-0.25, -0.2) is 0 Å². The average molecular weight is 189 g/mol. The lowest BCUT2D eigenvalue weighted by atomic mass is 9.94. The highest BCUT2D eigenvalue weighted by atomic mass is 16.4. The first kappa shape index (κ1) is 12.4. The molecule has 1 atom stereocenters. The minimum atomic E-state index is -1.23. The highest BCUT2D eigenvalue weighted by molar-refractivity contribution is 5.78. The Kier molecular flexibility index (Phi) is 3.88. The summed E-state index contributed by atoms with van der Waals surface area (Å²) < 4.78 is 0. The topological polar surface area (TPSA) is 69.6 Å². The molecule has 0 bridgehead atoms. The molecule has 0 unspecified atom stereocenters. The van der Waals surface area contributed by atoms with Crippen LogP contribution in [-0.4, -0.2) is 34.9 Å². The molecule has 0 spiro atoms. The van der Waals surface area contributed by atoms with Crippen molar-refractivity contribution < 1.29 is 15.0 Å². The monoisotopic (exact) mass is 189 g/mol. The van der Waals surface area contributed by atoms with Gasteiger partial charge in [-0.3, -0.25) is 10.1 Å². The van der Waals surface area contributed by atoms with Crippen LogP contribution in [0.15, 0.2) is 0 Å². The maximum absolute atomic E-state index is 10.7. The van der Waals surface area contributed by atoms with Crippen molar-refractivity contribution in [1.82, 2.24) is 5.32 Å². The molecule has 0 amide bonds. The quantitative estimate of drug-likeness (QED) is 0.601. The molecule has 0 aliphatic carbocycles. The number of aliphatic hydroxyl groups excluding tert-OH is 1. The first-order valence-electron chi connectivity index (χ1n) is 4.30. The molecule has 13 heavy (non-hydrogen) atoms. The highest BCUT2D eigenvalue weighted by Crippen LogP contribution is 2.13. The molecule has 0 aromatic carbocycles. The van der Waals surface area contributed by atoms with Crippen LogP contribution >= 0.6 is 0 Å². The molecule has 0 saturated heterocycles. The summed E-state index contributed by atoms with van der Waals surface area (Å²) in [4.78, 5) is 10.7. The van der Waals surface area contributed by atoms with Gasteiger partial charge in [-0.2, -0.15) is 0 Å². The van der Waals surface area contributed by atoms with Crippen molar-refractivity contribution in [3.05, 3.63) is 0 Å². The maximum atomic E-state index is 10.7. The van der Waals surface area contributed by atoms with Crippen LogP contribution in [-0.2, 0) is 4.79 Å². The van der Waals surface area contributed by atoms with Gasteiger partial charge in [-0.15, -0.1) is 0 Å². The van der Waals surface area contributed by atoms with Crippen molar-refractivity contribution in [3.8, 4) is 0 Å². The Morgan fingerprint density at radius 1 is 1.31 bits per heavy atom. The summed E-state index contributed by atoms with van der Waals surface area (Å²) in [6, 6.07) is 0. The summed E-state index contributed by atoms with van der Waals surface area (Å²) in [5, 5.41) is 20.6. The van der Waals surface area contributed by atoms with E-state index in [9.17, 15) is 4.79 Å². The molecule has 0 aliphatic heterocycles. The van der Waals surface area contributed by atoms with E-state index < -0.39 is 18.1 Å². The normalized spacial score (nSPS) is 16.7. The van der Waals surface area contributed by atoms with Crippen molar-refractivity contribution in [2.75, 3.05) is 13.2 Å². The first-order chi connectivity index (χ1) is 5.71. The van der Waals surface area contributed by atoms with Crippen LogP contribution < -0.4 is 5.32 Å². The largest absolute Gasteiger partial charge is 0.480 e. The molecular weight excluding hydrogens is 170 g/mol. The molecule has 0 heterocycles. The van der Waals surface area contributed by atoms with E-state index in [2.05, 4.69) is 5.32 Å². The number of carbonyl (C=O) groups is 1. The van der Waals surface area contributed by atoms with Gasteiger partial charge in [0.15, 0.2) is 0 Å². The van der Waals surface area contributed by atoms with Gasteiger partial charge in [-0.1, -0.05) is 20.8 Å². The summed E-state index contributed by atoms with van der Waals surface area (Å²) in [5.41, 5.74) is -1.22. The van der Waals surface area contributed by atoms with Gasteiger partial charge in [0, 0.05) is 6.54 Å². The summed E-state index contributed by atoms with van der Waals surface area (Å²) in [6.45, 7) is 7.62. The van der Waals surface area contributed by atoms with Gasteiger partial charge in [-0.05, 0) is 12.3 Å². The Morgan fingerprint density at radius 3 is 2.00 bits per heavy atom. The van der Waals surface area contributed by atoms with Crippen LogP contribution in [0.3, 0.4) is 0 Å². The van der Waals surface area contributed by atoms with Crippen LogP contribution in [0.2, 0.25) is 0 Å². The third kappa shape index (κ3) is 4.24. The molecule has 0 aromatic heterocycles. The van der Waals surface area contributed by atoms with Crippen LogP contribution in [0.4, 0.5) is 0 Å². The van der Waals surface area contributed by atoms with E-state index in [-0.39, 0.29) is 5.41 Å². The van der Waals surface area contributed by atoms with Gasteiger partial charge in [0.05, 0.1) is 6.61 Å². The zero-order chi connectivity index (χ0) is 10.7. The van der Waals surface area contributed by atoms with Crippen molar-refractivity contribution in [2.45, 2.75) is 33.2 Å². The fraction of sp³-hybridized carbons (Fsp3) is 0.889. The molecule has 0 rings (SSSR count). The van der Waals surface area contributed by atoms with E-state index in [0.717, 1.165) is 0 Å². The average Bonchev–Trinajstić information content (AvgIpc) is 1.98. The zero-order valence-corrected chi connectivity index (χ0v) is 8.72. The summed E-state index contributed by atoms with van der Waals surface area (Å²) in [6.07, 6.45) is 0. The number of aliphatic hydroxyl groups is 1. The molecule has 3 N–H and O–H groups in total. The van der Waals surface area contributed by atoms with E-state index in [4.69, 9.17) is 10.2 Å². The summed E-state index contributed by atoms with van der Waals surface area (Å²) in [7, 11) is 0. The second-order valence-electron chi connectivity index (χ2n) is 4.71. The van der Waals surface area contributed by atoms with Crippen LogP contribution in [0.1, 0.15) is 27.7 Å². The SMILES string of the molecule is CC(C)(C)CN[C@@](C)(CO)C(=O)O. The molecule has 0 saturated carbocycles. The maximum Gasteiger partial charge on any atom is 0.326 e. The van der Waals surface area contributed by atoms with Crippen molar-refractivity contribution in [3.63, 3.8) is 0 Å². The van der Waals surface area contributed by atoms with Crippen LogP contribution in [0.25, 0.3) is 0 Å². The van der Waals surface area contributed by atoms with E-state index in [0.29, 0.717) is 6.54 Å². The fourth-order valence-electron chi connectivity index (χ4n) is 0.659. The first-order valence-corrected chi connectivity index (χ1v) is 4.30. The lowest BCUT2D eigenvalue weighted by Crippen LogP contribution is -2.54. The standard InChI is InChI=1S/C9H19NO3/c1-8(2,3)5-10-9(4,6-11)7(12)13/h10-11H,5-6H2,1-4H3,(H,12,13)/t9-/m0/s1. The number of rotatable bonds is 4. The number of hydrogen-bond acceptors (Lipinski definition) is 3. The Labute approximate surface area is 79.0 Å². The third-order valence-electron chi connectivity index (χ3n) is 1.80. The number of aliphatic carboxylic acids is 1. The lowest BCUT2D eigenvalue weighted by molar-refractivity contribution is -0.146. The Bertz CT molecular complexity index is 186. The molecule has 4 nitrogen and oxygen atoms in total. The molecule has 0 fully saturated rings. The van der Waals surface area contributed by atoms with E-state index in [1.165, 1.54) is 6.92 Å². The second kappa shape index (κ2) is 4.07. The summed E-state index contributed by atoms with van der Waals surface area (Å²) in [5.74, 6) is -1.03. The Balaban J connectivity index is 4.22. The number of hydrogen-bond donors (Lipinski definition) is 3. The second-order valence-corrected chi connectivity index (χ2v) is 4.71. The van der Waals surface area contributed by atoms with E-state index in [1.807, 2.05) is 20.8 Å². The molecule has 4 heteroatoms. The minimum Gasteiger partial charge on any atom is -0.480 e. The number of nitrogens with one attached hydrogen (secondary N) is 1. The minimum absolute atomic E-state index is 0.00583. The van der Waals surface area contributed by atoms with Crippen molar-refractivity contribution in [2.24, 2.45) is 5.41 Å². The zero-order valence-electron chi connectivity index (χ0n) is 8.72. The molecular formula is C9H19NO3. The Hall–Kier alpha value is -0.610. The van der Waals surface area contributed by atoms with Gasteiger partial charge in [0.2, 0.25) is 0 Å². The predicted octanol–water partition coefficient (Wildman–Crippen LogP) is 0.458. The number of carboxylic acids is 1. The van der Waals surface area contributed by atoms with Crippen LogP contribution in [0, 0.1) is 5.41 Å². The smallest absolute Gasteiger partial charge is 0.326 e. The molecule has 0 aromatic rings. The van der Waals surface area contributed by atoms with Gasteiger partial charge < -0.3 is 10.2 Å². The predicted molar refractivity (Wildman–Crippen MR) is 50.6 cm³/mol. The Morgan fingerprint density at radius 2 is 1.77 bits per heavy atom. The third-order valence-corrected chi connectivity index (χ3v) is 1.80. The summed E-state index contributed by atoms with van der Waals surface area (Å²) >= 11 is 0. The van der Waals surface area contributed by atoms with Gasteiger partial charge >= 0.3 is 5.97 Å². The highest BCUT2D eigenvalue weighted by Gasteiger charge is 2.32. The van der Waals surface area contributed by atoms with Crippen molar-refractivity contribution >= 4 is 5.97 Å². The molecule has 78 valence electrons. The van der Waals surface area contributed by atoms with E-state index in [1.54, 1.807) is 0 Å². The fourth-order valence-corrected chi connectivity index (χ4v) is 0.659. The molecule has 0 aliphatic rings. The van der Waals surface area contributed by atoms with E-state index >= 15 is 0 Å². The lowest BCUT2D eigenvalue weighted by Gasteiger charge is -2.28. The van der Waals surface area contributed by atoms with Gasteiger partial charge in [0.25, 0.3) is 0 Å². The van der Waals surface area contributed by atoms with Crippen LogP contribution in [0.5, 0.6) is 0 Å². The molecule has 0 radical (unpaired) electrons. The number of carboxylic acid groups (broad SMARTS) is 1. The van der Waals surface area contributed by atoms with Crippen molar-refractivity contribution in [1.29, 1.82) is 0 Å². The van der Waals surface area contributed by atoms with Gasteiger partial charge in [0.1, 0.15) is 5.54 Å².